The van der Waals surface area contributed by atoms with Crippen LogP contribution in [0.1, 0.15) is 25.0 Å². The number of nitro benzene ring substituents is 1. The lowest BCUT2D eigenvalue weighted by atomic mass is 10.1. The molecule has 0 heterocycles. The summed E-state index contributed by atoms with van der Waals surface area (Å²) in [5, 5.41) is 21.0. The molecule has 0 spiro atoms. The van der Waals surface area contributed by atoms with Gasteiger partial charge in [-0.05, 0) is 36.2 Å². The van der Waals surface area contributed by atoms with Crippen LogP contribution in [-0.4, -0.2) is 10.0 Å². The van der Waals surface area contributed by atoms with E-state index in [4.69, 9.17) is 16.3 Å². The molecule has 2 aromatic carbocycles. The molecular weight excluding hydrogens is 294 g/mol. The Bertz CT molecular complexity index is 643. The highest BCUT2D eigenvalue weighted by atomic mass is 35.5. The van der Waals surface area contributed by atoms with Crippen molar-refractivity contribution in [3.8, 4) is 11.5 Å². The average Bonchev–Trinajstić information content (AvgIpc) is 2.49. The summed E-state index contributed by atoms with van der Waals surface area (Å²) in [4.78, 5) is 10.4. The Hall–Kier alpha value is -2.11. The van der Waals surface area contributed by atoms with Gasteiger partial charge in [-0.15, -0.1) is 0 Å². The standard InChI is InChI=1S/C15H14ClNO4/c1-2-14(18)10-3-6-12(7-4-10)21-15-8-5-11(16)9-13(15)17(19)20/h3-9,14,18H,2H2,1H3/t14-/m1/s1. The van der Waals surface area contributed by atoms with Gasteiger partial charge in [-0.25, -0.2) is 0 Å². The van der Waals surface area contributed by atoms with E-state index in [-0.39, 0.29) is 16.5 Å². The number of aliphatic hydroxyl groups is 1. The van der Waals surface area contributed by atoms with E-state index in [1.165, 1.54) is 18.2 Å². The van der Waals surface area contributed by atoms with Crippen molar-refractivity contribution in [3.05, 3.63) is 63.2 Å². The van der Waals surface area contributed by atoms with E-state index in [0.29, 0.717) is 12.2 Å². The van der Waals surface area contributed by atoms with Gasteiger partial charge in [-0.1, -0.05) is 30.7 Å². The molecule has 0 aliphatic rings. The second-order valence-corrected chi connectivity index (χ2v) is 4.90. The van der Waals surface area contributed by atoms with Crippen LogP contribution in [0.3, 0.4) is 0 Å². The molecular formula is C15H14ClNO4. The predicted molar refractivity (Wildman–Crippen MR) is 79.9 cm³/mol. The van der Waals surface area contributed by atoms with Crippen molar-refractivity contribution in [1.29, 1.82) is 0 Å². The van der Waals surface area contributed by atoms with E-state index in [0.717, 1.165) is 5.56 Å². The number of rotatable bonds is 5. The second kappa shape index (κ2) is 6.56. The number of nitro groups is 1. The van der Waals surface area contributed by atoms with Gasteiger partial charge in [0, 0.05) is 11.1 Å². The number of benzene rings is 2. The maximum Gasteiger partial charge on any atom is 0.313 e. The Labute approximate surface area is 126 Å². The van der Waals surface area contributed by atoms with Gasteiger partial charge in [0.05, 0.1) is 11.0 Å². The normalized spacial score (nSPS) is 12.0. The van der Waals surface area contributed by atoms with Gasteiger partial charge in [-0.2, -0.15) is 0 Å². The van der Waals surface area contributed by atoms with E-state index in [2.05, 4.69) is 0 Å². The van der Waals surface area contributed by atoms with Crippen LogP contribution in [0.15, 0.2) is 42.5 Å². The molecule has 5 nitrogen and oxygen atoms in total. The van der Waals surface area contributed by atoms with E-state index < -0.39 is 11.0 Å². The fraction of sp³-hybridized carbons (Fsp3) is 0.200. The molecule has 0 bridgehead atoms. The topological polar surface area (TPSA) is 72.6 Å². The van der Waals surface area contributed by atoms with Crippen LogP contribution in [-0.2, 0) is 0 Å². The monoisotopic (exact) mass is 307 g/mol. The highest BCUT2D eigenvalue weighted by molar-refractivity contribution is 6.30. The summed E-state index contributed by atoms with van der Waals surface area (Å²) < 4.78 is 5.51. The minimum Gasteiger partial charge on any atom is -0.450 e. The summed E-state index contributed by atoms with van der Waals surface area (Å²) >= 11 is 5.75. The van der Waals surface area contributed by atoms with Crippen LogP contribution in [0.4, 0.5) is 5.69 Å². The first kappa shape index (κ1) is 15.3. The Balaban J connectivity index is 2.24. The molecule has 0 aromatic heterocycles. The van der Waals surface area contributed by atoms with E-state index >= 15 is 0 Å². The number of nitrogens with zero attached hydrogens (tertiary/aromatic N) is 1. The number of ether oxygens (including phenoxy) is 1. The van der Waals surface area contributed by atoms with Crippen LogP contribution in [0.2, 0.25) is 5.02 Å². The second-order valence-electron chi connectivity index (χ2n) is 4.46. The molecule has 0 saturated heterocycles. The summed E-state index contributed by atoms with van der Waals surface area (Å²) in [6, 6.07) is 11.0. The largest absolute Gasteiger partial charge is 0.450 e. The van der Waals surface area contributed by atoms with Crippen LogP contribution < -0.4 is 4.74 Å². The van der Waals surface area contributed by atoms with Crippen molar-refractivity contribution in [2.24, 2.45) is 0 Å². The first-order valence-corrected chi connectivity index (χ1v) is 6.79. The summed E-state index contributed by atoms with van der Waals surface area (Å²) in [6.45, 7) is 1.88. The fourth-order valence-corrected chi connectivity index (χ4v) is 2.01. The zero-order valence-corrected chi connectivity index (χ0v) is 12.1. The van der Waals surface area contributed by atoms with E-state index in [1.807, 2.05) is 6.92 Å². The summed E-state index contributed by atoms with van der Waals surface area (Å²) in [6.07, 6.45) is 0.0898. The van der Waals surface area contributed by atoms with Crippen molar-refractivity contribution in [1.82, 2.24) is 0 Å². The molecule has 0 amide bonds. The van der Waals surface area contributed by atoms with Crippen molar-refractivity contribution >= 4 is 17.3 Å². The smallest absolute Gasteiger partial charge is 0.313 e. The van der Waals surface area contributed by atoms with Crippen LogP contribution in [0.5, 0.6) is 11.5 Å². The molecule has 2 rings (SSSR count). The Morgan fingerprint density at radius 1 is 1.29 bits per heavy atom. The highest BCUT2D eigenvalue weighted by Crippen LogP contribution is 2.33. The molecule has 21 heavy (non-hydrogen) atoms. The van der Waals surface area contributed by atoms with Crippen LogP contribution in [0.25, 0.3) is 0 Å². The number of hydrogen-bond donors (Lipinski definition) is 1. The lowest BCUT2D eigenvalue weighted by molar-refractivity contribution is -0.385. The van der Waals surface area contributed by atoms with Crippen molar-refractivity contribution in [2.75, 3.05) is 0 Å². The molecule has 110 valence electrons. The van der Waals surface area contributed by atoms with Gasteiger partial charge in [0.1, 0.15) is 5.75 Å². The molecule has 0 radical (unpaired) electrons. The van der Waals surface area contributed by atoms with Gasteiger partial charge in [0.2, 0.25) is 5.75 Å². The van der Waals surface area contributed by atoms with Crippen LogP contribution >= 0.6 is 11.6 Å². The molecule has 0 aliphatic carbocycles. The van der Waals surface area contributed by atoms with Crippen molar-refractivity contribution < 1.29 is 14.8 Å². The van der Waals surface area contributed by atoms with Gasteiger partial charge < -0.3 is 9.84 Å². The maximum atomic E-state index is 11.0. The molecule has 0 unspecified atom stereocenters. The minimum absolute atomic E-state index is 0.119. The number of hydrogen-bond acceptors (Lipinski definition) is 4. The third kappa shape index (κ3) is 3.71. The van der Waals surface area contributed by atoms with E-state index in [1.54, 1.807) is 24.3 Å². The lowest BCUT2D eigenvalue weighted by Gasteiger charge is -2.10. The Morgan fingerprint density at radius 3 is 2.52 bits per heavy atom. The lowest BCUT2D eigenvalue weighted by Crippen LogP contribution is -1.96. The summed E-state index contributed by atoms with van der Waals surface area (Å²) in [5.41, 5.74) is 0.579. The molecule has 1 atom stereocenters. The molecule has 6 heteroatoms. The third-order valence-electron chi connectivity index (χ3n) is 3.00. The molecule has 0 fully saturated rings. The predicted octanol–water partition coefficient (Wildman–Crippen LogP) is 4.48. The maximum absolute atomic E-state index is 11.0. The summed E-state index contributed by atoms with van der Waals surface area (Å²) in [7, 11) is 0. The van der Waals surface area contributed by atoms with Gasteiger partial charge in [-0.3, -0.25) is 10.1 Å². The zero-order chi connectivity index (χ0) is 15.4. The first-order chi connectivity index (χ1) is 10.0. The Kier molecular flexibility index (Phi) is 4.77. The van der Waals surface area contributed by atoms with Crippen LogP contribution in [0, 0.1) is 10.1 Å². The third-order valence-corrected chi connectivity index (χ3v) is 3.23. The van der Waals surface area contributed by atoms with Gasteiger partial charge in [0.25, 0.3) is 0 Å². The van der Waals surface area contributed by atoms with Gasteiger partial charge in [0.15, 0.2) is 0 Å². The molecule has 0 saturated carbocycles. The summed E-state index contributed by atoms with van der Waals surface area (Å²) in [5.74, 6) is 0.570. The molecule has 1 N–H and O–H groups in total. The van der Waals surface area contributed by atoms with Crippen molar-refractivity contribution in [2.45, 2.75) is 19.4 Å². The molecule has 0 aliphatic heterocycles. The van der Waals surface area contributed by atoms with Crippen molar-refractivity contribution in [3.63, 3.8) is 0 Å². The number of halogens is 1. The first-order valence-electron chi connectivity index (χ1n) is 6.41. The average molecular weight is 308 g/mol. The minimum atomic E-state index is -0.545. The fourth-order valence-electron chi connectivity index (χ4n) is 1.84. The SMILES string of the molecule is CC[C@@H](O)c1ccc(Oc2ccc(Cl)cc2[N+](=O)[O-])cc1. The zero-order valence-electron chi connectivity index (χ0n) is 11.3. The highest BCUT2D eigenvalue weighted by Gasteiger charge is 2.16. The number of aliphatic hydroxyl groups excluding tert-OH is 1. The van der Waals surface area contributed by atoms with E-state index in [9.17, 15) is 15.2 Å². The molecule has 2 aromatic rings. The van der Waals surface area contributed by atoms with Gasteiger partial charge >= 0.3 is 5.69 Å². The Morgan fingerprint density at radius 2 is 1.95 bits per heavy atom. The quantitative estimate of drug-likeness (QED) is 0.652.